The molecule has 7 nitrogen and oxygen atoms in total. The molecule has 0 aliphatic carbocycles. The second kappa shape index (κ2) is 8.56. The van der Waals surface area contributed by atoms with Crippen molar-refractivity contribution in [3.8, 4) is 23.0 Å². The second-order valence-electron chi connectivity index (χ2n) is 6.12. The zero-order chi connectivity index (χ0) is 20.1. The van der Waals surface area contributed by atoms with Gasteiger partial charge in [0, 0.05) is 29.8 Å². The van der Waals surface area contributed by atoms with Crippen molar-refractivity contribution in [3.63, 3.8) is 0 Å². The van der Waals surface area contributed by atoms with E-state index in [2.05, 4.69) is 10.3 Å². The second-order valence-corrected chi connectivity index (χ2v) is 6.12. The maximum Gasteiger partial charge on any atom is 0.251 e. The average Bonchev–Trinajstić information content (AvgIpc) is 3.14. The van der Waals surface area contributed by atoms with Crippen molar-refractivity contribution >= 4 is 16.8 Å². The Morgan fingerprint density at radius 2 is 1.79 bits per heavy atom. The van der Waals surface area contributed by atoms with E-state index < -0.39 is 0 Å². The average molecular weight is 384 g/mol. The molecule has 7 heteroatoms. The molecule has 0 fully saturated rings. The first kappa shape index (κ1) is 19.4. The van der Waals surface area contributed by atoms with Crippen LogP contribution in [0, 0.1) is 0 Å². The summed E-state index contributed by atoms with van der Waals surface area (Å²) >= 11 is 0. The molecule has 28 heavy (non-hydrogen) atoms. The van der Waals surface area contributed by atoms with Crippen LogP contribution in [0.2, 0.25) is 0 Å². The molecule has 2 N–H and O–H groups in total. The van der Waals surface area contributed by atoms with Crippen molar-refractivity contribution in [2.45, 2.75) is 6.42 Å². The molecule has 2 aromatic carbocycles. The summed E-state index contributed by atoms with van der Waals surface area (Å²) in [4.78, 5) is 15.6. The molecule has 1 heterocycles. The van der Waals surface area contributed by atoms with E-state index >= 15 is 0 Å². The molecule has 0 bridgehead atoms. The Balaban J connectivity index is 1.78. The van der Waals surface area contributed by atoms with Gasteiger partial charge in [0.1, 0.15) is 5.75 Å². The first-order valence-electron chi connectivity index (χ1n) is 8.84. The van der Waals surface area contributed by atoms with Gasteiger partial charge in [0.2, 0.25) is 5.75 Å². The number of fused-ring (bicyclic) bond motifs is 1. The van der Waals surface area contributed by atoms with Gasteiger partial charge in [-0.25, -0.2) is 0 Å². The zero-order valence-electron chi connectivity index (χ0n) is 16.4. The van der Waals surface area contributed by atoms with Crippen LogP contribution in [-0.2, 0) is 6.42 Å². The number of benzene rings is 2. The molecule has 148 valence electrons. The number of H-pyrrole nitrogens is 1. The van der Waals surface area contributed by atoms with Gasteiger partial charge in [0.05, 0.1) is 34.0 Å². The lowest BCUT2D eigenvalue weighted by atomic mass is 10.1. The number of nitrogens with one attached hydrogen (secondary N) is 2. The molecule has 3 aromatic rings. The standard InChI is InChI=1S/C21H24N2O5/c1-25-15-7-5-6-13(10-15)21(24)22-9-8-14-12-23-16-11-17(26-2)19(27-3)20(28-4)18(14)16/h5-7,10-12,23H,8-9H2,1-4H3,(H,22,24). The smallest absolute Gasteiger partial charge is 0.251 e. The van der Waals surface area contributed by atoms with E-state index in [-0.39, 0.29) is 5.91 Å². The minimum absolute atomic E-state index is 0.148. The van der Waals surface area contributed by atoms with Gasteiger partial charge in [0.15, 0.2) is 11.5 Å². The highest BCUT2D eigenvalue weighted by molar-refractivity contribution is 5.95. The number of carbonyl (C=O) groups excluding carboxylic acids is 1. The molecule has 1 aromatic heterocycles. The Morgan fingerprint density at radius 1 is 1.00 bits per heavy atom. The summed E-state index contributed by atoms with van der Waals surface area (Å²) in [7, 11) is 6.33. The summed E-state index contributed by atoms with van der Waals surface area (Å²) in [6.45, 7) is 0.473. The van der Waals surface area contributed by atoms with Gasteiger partial charge in [-0.1, -0.05) is 6.07 Å². The van der Waals surface area contributed by atoms with E-state index in [0.29, 0.717) is 41.5 Å². The normalized spacial score (nSPS) is 10.6. The van der Waals surface area contributed by atoms with Gasteiger partial charge < -0.3 is 29.2 Å². The quantitative estimate of drug-likeness (QED) is 0.623. The number of carbonyl (C=O) groups is 1. The number of hydrogen-bond donors (Lipinski definition) is 2. The maximum absolute atomic E-state index is 12.4. The third kappa shape index (κ3) is 3.69. The molecule has 0 spiro atoms. The number of amides is 1. The monoisotopic (exact) mass is 384 g/mol. The molecule has 0 radical (unpaired) electrons. The van der Waals surface area contributed by atoms with Crippen LogP contribution in [0.4, 0.5) is 0 Å². The molecule has 0 saturated heterocycles. The number of hydrogen-bond acceptors (Lipinski definition) is 5. The molecule has 0 unspecified atom stereocenters. The largest absolute Gasteiger partial charge is 0.497 e. The fourth-order valence-corrected chi connectivity index (χ4v) is 3.20. The first-order chi connectivity index (χ1) is 13.6. The summed E-state index contributed by atoms with van der Waals surface area (Å²) in [5, 5.41) is 3.85. The van der Waals surface area contributed by atoms with Crippen LogP contribution < -0.4 is 24.3 Å². The van der Waals surface area contributed by atoms with E-state index in [0.717, 1.165) is 16.5 Å². The van der Waals surface area contributed by atoms with Gasteiger partial charge in [-0.3, -0.25) is 4.79 Å². The van der Waals surface area contributed by atoms with Crippen LogP contribution in [0.3, 0.4) is 0 Å². The number of methoxy groups -OCH3 is 4. The molecule has 0 atom stereocenters. The van der Waals surface area contributed by atoms with Crippen molar-refractivity contribution in [1.29, 1.82) is 0 Å². The molecule has 0 saturated carbocycles. The number of aromatic amines is 1. The van der Waals surface area contributed by atoms with Crippen molar-refractivity contribution in [1.82, 2.24) is 10.3 Å². The van der Waals surface area contributed by atoms with Crippen molar-refractivity contribution < 1.29 is 23.7 Å². The van der Waals surface area contributed by atoms with Crippen LogP contribution in [0.1, 0.15) is 15.9 Å². The highest BCUT2D eigenvalue weighted by Crippen LogP contribution is 2.44. The lowest BCUT2D eigenvalue weighted by Gasteiger charge is -2.14. The summed E-state index contributed by atoms with van der Waals surface area (Å²) in [5.74, 6) is 2.23. The summed E-state index contributed by atoms with van der Waals surface area (Å²) in [6, 6.07) is 8.93. The topological polar surface area (TPSA) is 81.8 Å². The van der Waals surface area contributed by atoms with Gasteiger partial charge in [0.25, 0.3) is 5.91 Å². The van der Waals surface area contributed by atoms with Gasteiger partial charge in [-0.05, 0) is 30.2 Å². The van der Waals surface area contributed by atoms with Crippen molar-refractivity contribution in [2.24, 2.45) is 0 Å². The van der Waals surface area contributed by atoms with E-state index in [1.165, 1.54) is 0 Å². The molecule has 0 aliphatic rings. The predicted molar refractivity (Wildman–Crippen MR) is 107 cm³/mol. The van der Waals surface area contributed by atoms with Crippen LogP contribution >= 0.6 is 0 Å². The summed E-state index contributed by atoms with van der Waals surface area (Å²) in [5.41, 5.74) is 2.45. The molecule has 1 amide bonds. The van der Waals surface area contributed by atoms with Crippen LogP contribution in [0.5, 0.6) is 23.0 Å². The number of aromatic nitrogens is 1. The third-order valence-corrected chi connectivity index (χ3v) is 4.56. The highest BCUT2D eigenvalue weighted by Gasteiger charge is 2.19. The molecule has 0 aliphatic heterocycles. The van der Waals surface area contributed by atoms with Crippen molar-refractivity contribution in [2.75, 3.05) is 35.0 Å². The maximum atomic E-state index is 12.4. The number of ether oxygens (including phenoxy) is 4. The molecule has 3 rings (SSSR count). The Bertz CT molecular complexity index is 980. The van der Waals surface area contributed by atoms with Crippen molar-refractivity contribution in [3.05, 3.63) is 47.7 Å². The van der Waals surface area contributed by atoms with Gasteiger partial charge >= 0.3 is 0 Å². The number of rotatable bonds is 8. The van der Waals surface area contributed by atoms with Crippen LogP contribution in [-0.4, -0.2) is 45.9 Å². The Hall–Kier alpha value is -3.35. The Morgan fingerprint density at radius 3 is 2.46 bits per heavy atom. The van der Waals surface area contributed by atoms with E-state index in [1.54, 1.807) is 52.7 Å². The zero-order valence-corrected chi connectivity index (χ0v) is 16.4. The first-order valence-corrected chi connectivity index (χ1v) is 8.84. The highest BCUT2D eigenvalue weighted by atomic mass is 16.5. The van der Waals surface area contributed by atoms with E-state index in [4.69, 9.17) is 18.9 Å². The fourth-order valence-electron chi connectivity index (χ4n) is 3.20. The molecular weight excluding hydrogens is 360 g/mol. The third-order valence-electron chi connectivity index (χ3n) is 4.56. The molecular formula is C21H24N2O5. The summed E-state index contributed by atoms with van der Waals surface area (Å²) < 4.78 is 21.6. The predicted octanol–water partition coefficient (Wildman–Crippen LogP) is 3.17. The minimum atomic E-state index is -0.148. The lowest BCUT2D eigenvalue weighted by Crippen LogP contribution is -2.25. The Kier molecular flexibility index (Phi) is 5.93. The summed E-state index contributed by atoms with van der Waals surface area (Å²) in [6.07, 6.45) is 2.53. The van der Waals surface area contributed by atoms with E-state index in [1.807, 2.05) is 12.3 Å². The van der Waals surface area contributed by atoms with Crippen LogP contribution in [0.15, 0.2) is 36.5 Å². The van der Waals surface area contributed by atoms with E-state index in [9.17, 15) is 4.79 Å². The fraction of sp³-hybridized carbons (Fsp3) is 0.286. The SMILES string of the molecule is COc1cccc(C(=O)NCCc2c[nH]c3cc(OC)c(OC)c(OC)c23)c1. The van der Waals surface area contributed by atoms with Crippen LogP contribution in [0.25, 0.3) is 10.9 Å². The lowest BCUT2D eigenvalue weighted by molar-refractivity contribution is 0.0954. The minimum Gasteiger partial charge on any atom is -0.497 e. The van der Waals surface area contributed by atoms with Gasteiger partial charge in [-0.2, -0.15) is 0 Å². The van der Waals surface area contributed by atoms with Gasteiger partial charge in [-0.15, -0.1) is 0 Å². The Labute approximate surface area is 163 Å².